The molecule has 1 aliphatic heterocycles. The molecular weight excluding hydrogens is 266 g/mol. The molecule has 1 aromatic rings. The second-order valence-electron chi connectivity index (χ2n) is 5.15. The quantitative estimate of drug-likeness (QED) is 0.804. The standard InChI is InChI=1S/C14H14ClNO3/c15-11-7-8(17)5-6-12(11)16-13(18)9-3-1-2-4-10(9)14(16)19/h5-7,9-10,17H,1-4H2. The molecule has 2 amide bonds. The zero-order valence-electron chi connectivity index (χ0n) is 10.3. The lowest BCUT2D eigenvalue weighted by Crippen LogP contribution is -2.31. The van der Waals surface area contributed by atoms with Gasteiger partial charge in [0.25, 0.3) is 0 Å². The Balaban J connectivity index is 2.00. The van der Waals surface area contributed by atoms with Gasteiger partial charge in [-0.2, -0.15) is 0 Å². The van der Waals surface area contributed by atoms with Gasteiger partial charge in [-0.15, -0.1) is 0 Å². The van der Waals surface area contributed by atoms with Gasteiger partial charge >= 0.3 is 0 Å². The minimum absolute atomic E-state index is 0.0188. The largest absolute Gasteiger partial charge is 0.508 e. The number of rotatable bonds is 1. The SMILES string of the molecule is O=C1C2CCCCC2C(=O)N1c1ccc(O)cc1Cl. The number of anilines is 1. The molecule has 1 aliphatic carbocycles. The number of nitrogens with zero attached hydrogens (tertiary/aromatic N) is 1. The summed E-state index contributed by atoms with van der Waals surface area (Å²) in [5.74, 6) is -0.660. The highest BCUT2D eigenvalue weighted by Gasteiger charge is 2.49. The predicted octanol–water partition coefficient (Wildman–Crippen LogP) is 2.73. The highest BCUT2D eigenvalue weighted by atomic mass is 35.5. The van der Waals surface area contributed by atoms with E-state index in [0.29, 0.717) is 5.69 Å². The summed E-state index contributed by atoms with van der Waals surface area (Å²) in [6.45, 7) is 0. The molecule has 3 rings (SSSR count). The van der Waals surface area contributed by atoms with Crippen molar-refractivity contribution in [1.82, 2.24) is 0 Å². The summed E-state index contributed by atoms with van der Waals surface area (Å²) in [4.78, 5) is 25.9. The normalized spacial score (nSPS) is 26.7. The zero-order valence-corrected chi connectivity index (χ0v) is 11.1. The van der Waals surface area contributed by atoms with Gasteiger partial charge in [0.15, 0.2) is 0 Å². The minimum Gasteiger partial charge on any atom is -0.508 e. The average Bonchev–Trinajstić information content (AvgIpc) is 2.64. The Hall–Kier alpha value is -1.55. The summed E-state index contributed by atoms with van der Waals surface area (Å²) in [7, 11) is 0. The molecule has 5 heteroatoms. The molecule has 0 radical (unpaired) electrons. The van der Waals surface area contributed by atoms with Crippen molar-refractivity contribution in [3.63, 3.8) is 0 Å². The lowest BCUT2D eigenvalue weighted by molar-refractivity contribution is -0.122. The van der Waals surface area contributed by atoms with Gasteiger partial charge in [-0.05, 0) is 25.0 Å². The van der Waals surface area contributed by atoms with Crippen LogP contribution in [-0.2, 0) is 9.59 Å². The Morgan fingerprint density at radius 2 is 1.68 bits per heavy atom. The molecule has 0 aromatic heterocycles. The summed E-state index contributed by atoms with van der Waals surface area (Å²) in [5.41, 5.74) is 0.379. The summed E-state index contributed by atoms with van der Waals surface area (Å²) in [6.07, 6.45) is 3.55. The third-order valence-electron chi connectivity index (χ3n) is 4.01. The number of phenols is 1. The number of carbonyl (C=O) groups is 2. The summed E-state index contributed by atoms with van der Waals surface area (Å²) >= 11 is 6.03. The molecular formula is C14H14ClNO3. The average molecular weight is 280 g/mol. The van der Waals surface area contributed by atoms with E-state index in [4.69, 9.17) is 11.6 Å². The lowest BCUT2D eigenvalue weighted by Gasteiger charge is -2.19. The Labute approximate surface area is 116 Å². The summed E-state index contributed by atoms with van der Waals surface area (Å²) in [6, 6.07) is 4.30. The monoisotopic (exact) mass is 279 g/mol. The molecule has 0 bridgehead atoms. The Morgan fingerprint density at radius 3 is 2.21 bits per heavy atom. The fraction of sp³-hybridized carbons (Fsp3) is 0.429. The van der Waals surface area contributed by atoms with Crippen LogP contribution in [0.3, 0.4) is 0 Å². The van der Waals surface area contributed by atoms with Crippen LogP contribution in [0.25, 0.3) is 0 Å². The molecule has 1 saturated heterocycles. The predicted molar refractivity (Wildman–Crippen MR) is 71.1 cm³/mol. The van der Waals surface area contributed by atoms with Crippen molar-refractivity contribution in [3.05, 3.63) is 23.2 Å². The van der Waals surface area contributed by atoms with Crippen LogP contribution in [0.4, 0.5) is 5.69 Å². The third kappa shape index (κ3) is 1.91. The van der Waals surface area contributed by atoms with E-state index in [1.54, 1.807) is 0 Å². The Kier molecular flexibility index (Phi) is 2.97. The van der Waals surface area contributed by atoms with Gasteiger partial charge in [0.2, 0.25) is 11.8 Å². The number of halogens is 1. The van der Waals surface area contributed by atoms with Gasteiger partial charge in [-0.1, -0.05) is 24.4 Å². The molecule has 2 fully saturated rings. The number of amides is 2. The first-order valence-corrected chi connectivity index (χ1v) is 6.83. The number of benzene rings is 1. The van der Waals surface area contributed by atoms with E-state index in [2.05, 4.69) is 0 Å². The maximum atomic E-state index is 12.4. The van der Waals surface area contributed by atoms with Crippen LogP contribution in [0, 0.1) is 11.8 Å². The number of aromatic hydroxyl groups is 1. The highest BCUT2D eigenvalue weighted by Crippen LogP contribution is 2.42. The van der Waals surface area contributed by atoms with Gasteiger partial charge < -0.3 is 5.11 Å². The topological polar surface area (TPSA) is 57.6 Å². The van der Waals surface area contributed by atoms with Gasteiger partial charge in [-0.3, -0.25) is 9.59 Å². The fourth-order valence-electron chi connectivity index (χ4n) is 3.08. The number of carbonyl (C=O) groups excluding carboxylic acids is 2. The Morgan fingerprint density at radius 1 is 1.11 bits per heavy atom. The van der Waals surface area contributed by atoms with Crippen molar-refractivity contribution in [3.8, 4) is 5.75 Å². The molecule has 2 aliphatic rings. The van der Waals surface area contributed by atoms with Gasteiger partial charge in [0.05, 0.1) is 22.5 Å². The molecule has 19 heavy (non-hydrogen) atoms. The van der Waals surface area contributed by atoms with Gasteiger partial charge in [0.1, 0.15) is 5.75 Å². The van der Waals surface area contributed by atoms with Gasteiger partial charge in [-0.25, -0.2) is 4.90 Å². The molecule has 1 heterocycles. The summed E-state index contributed by atoms with van der Waals surface area (Å²) in [5, 5.41) is 9.57. The fourth-order valence-corrected chi connectivity index (χ4v) is 3.34. The first kappa shape index (κ1) is 12.5. The molecule has 0 spiro atoms. The van der Waals surface area contributed by atoms with Crippen molar-refractivity contribution in [1.29, 1.82) is 0 Å². The highest BCUT2D eigenvalue weighted by molar-refractivity contribution is 6.36. The number of hydrogen-bond acceptors (Lipinski definition) is 3. The number of imide groups is 1. The van der Waals surface area contributed by atoms with Crippen LogP contribution in [0.15, 0.2) is 18.2 Å². The van der Waals surface area contributed by atoms with E-state index in [-0.39, 0.29) is 34.4 Å². The second kappa shape index (κ2) is 4.53. The van der Waals surface area contributed by atoms with Crippen LogP contribution >= 0.6 is 11.6 Å². The van der Waals surface area contributed by atoms with Crippen molar-refractivity contribution >= 4 is 29.1 Å². The third-order valence-corrected chi connectivity index (χ3v) is 4.32. The number of fused-ring (bicyclic) bond motifs is 1. The van der Waals surface area contributed by atoms with Crippen molar-refractivity contribution in [2.45, 2.75) is 25.7 Å². The van der Waals surface area contributed by atoms with Crippen LogP contribution in [0.5, 0.6) is 5.75 Å². The van der Waals surface area contributed by atoms with E-state index in [1.165, 1.54) is 23.1 Å². The van der Waals surface area contributed by atoms with Crippen molar-refractivity contribution < 1.29 is 14.7 Å². The maximum Gasteiger partial charge on any atom is 0.237 e. The van der Waals surface area contributed by atoms with E-state index >= 15 is 0 Å². The molecule has 1 N–H and O–H groups in total. The molecule has 100 valence electrons. The minimum atomic E-state index is -0.189. The van der Waals surface area contributed by atoms with Crippen LogP contribution in [0.2, 0.25) is 5.02 Å². The van der Waals surface area contributed by atoms with E-state index in [9.17, 15) is 14.7 Å². The van der Waals surface area contributed by atoms with E-state index in [1.807, 2.05) is 0 Å². The van der Waals surface area contributed by atoms with Crippen molar-refractivity contribution in [2.24, 2.45) is 11.8 Å². The first-order valence-electron chi connectivity index (χ1n) is 6.46. The smallest absolute Gasteiger partial charge is 0.237 e. The van der Waals surface area contributed by atoms with E-state index in [0.717, 1.165) is 25.7 Å². The number of hydrogen-bond donors (Lipinski definition) is 1. The van der Waals surface area contributed by atoms with Crippen LogP contribution < -0.4 is 4.90 Å². The summed E-state index contributed by atoms with van der Waals surface area (Å²) < 4.78 is 0. The number of phenolic OH excluding ortho intramolecular Hbond substituents is 1. The Bertz CT molecular complexity index is 534. The molecule has 1 aromatic carbocycles. The van der Waals surface area contributed by atoms with E-state index < -0.39 is 0 Å². The molecule has 2 unspecified atom stereocenters. The first-order chi connectivity index (χ1) is 9.09. The molecule has 1 saturated carbocycles. The molecule has 2 atom stereocenters. The van der Waals surface area contributed by atoms with Crippen LogP contribution in [-0.4, -0.2) is 16.9 Å². The maximum absolute atomic E-state index is 12.4. The lowest BCUT2D eigenvalue weighted by atomic mass is 9.81. The van der Waals surface area contributed by atoms with Gasteiger partial charge in [0, 0.05) is 6.07 Å². The van der Waals surface area contributed by atoms with Crippen molar-refractivity contribution in [2.75, 3.05) is 4.90 Å². The molecule has 4 nitrogen and oxygen atoms in total. The second-order valence-corrected chi connectivity index (χ2v) is 5.55. The van der Waals surface area contributed by atoms with Crippen LogP contribution in [0.1, 0.15) is 25.7 Å². The zero-order chi connectivity index (χ0) is 13.6.